The lowest BCUT2D eigenvalue weighted by molar-refractivity contribution is -0.143. The molecule has 0 saturated carbocycles. The van der Waals surface area contributed by atoms with Crippen LogP contribution in [0.3, 0.4) is 0 Å². The summed E-state index contributed by atoms with van der Waals surface area (Å²) in [5.74, 6) is -2.71. The molecule has 0 radical (unpaired) electrons. The van der Waals surface area contributed by atoms with E-state index in [4.69, 9.17) is 0 Å². The average molecular weight is 472 g/mol. The zero-order chi connectivity index (χ0) is 25.0. The number of hydrogen-bond donors (Lipinski definition) is 2. The summed E-state index contributed by atoms with van der Waals surface area (Å²) >= 11 is 0. The monoisotopic (exact) mass is 471 g/mol. The minimum atomic E-state index is -0.990. The van der Waals surface area contributed by atoms with Crippen molar-refractivity contribution < 1.29 is 23.2 Å². The van der Waals surface area contributed by atoms with E-state index < -0.39 is 47.9 Å². The normalized spacial score (nSPS) is 16.8. The van der Waals surface area contributed by atoms with Gasteiger partial charge in [-0.1, -0.05) is 44.2 Å². The van der Waals surface area contributed by atoms with E-state index in [1.54, 1.807) is 26.1 Å². The number of amides is 2. The fraction of sp³-hybridized carbons (Fsp3) is 0.423. The van der Waals surface area contributed by atoms with E-state index >= 15 is 0 Å². The lowest BCUT2D eigenvalue weighted by Crippen LogP contribution is -2.53. The van der Waals surface area contributed by atoms with Crippen LogP contribution in [0.4, 0.5) is 8.78 Å². The summed E-state index contributed by atoms with van der Waals surface area (Å²) in [6.07, 6.45) is -0.101. The number of carbonyl (C=O) groups is 3. The van der Waals surface area contributed by atoms with Crippen molar-refractivity contribution >= 4 is 17.6 Å². The van der Waals surface area contributed by atoms with E-state index in [1.165, 1.54) is 11.0 Å². The Balaban J connectivity index is 1.93. The predicted molar refractivity (Wildman–Crippen MR) is 125 cm³/mol. The zero-order valence-corrected chi connectivity index (χ0v) is 19.9. The van der Waals surface area contributed by atoms with Gasteiger partial charge in [-0.25, -0.2) is 8.78 Å². The van der Waals surface area contributed by atoms with Crippen LogP contribution in [0.2, 0.25) is 0 Å². The summed E-state index contributed by atoms with van der Waals surface area (Å²) in [6.45, 7) is 5.75. The quantitative estimate of drug-likeness (QED) is 0.588. The Kier molecular flexibility index (Phi) is 8.15. The summed E-state index contributed by atoms with van der Waals surface area (Å²) in [5.41, 5.74) is 1.11. The molecule has 182 valence electrons. The van der Waals surface area contributed by atoms with Crippen LogP contribution in [0.15, 0.2) is 42.5 Å². The first-order valence-corrected chi connectivity index (χ1v) is 11.5. The van der Waals surface area contributed by atoms with Crippen molar-refractivity contribution in [2.24, 2.45) is 5.92 Å². The van der Waals surface area contributed by atoms with Gasteiger partial charge in [-0.2, -0.15) is 0 Å². The molecule has 2 N–H and O–H groups in total. The van der Waals surface area contributed by atoms with Gasteiger partial charge < -0.3 is 15.5 Å². The van der Waals surface area contributed by atoms with Crippen LogP contribution in [0, 0.1) is 17.6 Å². The molecule has 2 aromatic rings. The van der Waals surface area contributed by atoms with Crippen LogP contribution in [0.5, 0.6) is 0 Å². The van der Waals surface area contributed by atoms with Gasteiger partial charge in [-0.3, -0.25) is 14.4 Å². The third-order valence-corrected chi connectivity index (χ3v) is 6.15. The van der Waals surface area contributed by atoms with Crippen molar-refractivity contribution in [2.75, 3.05) is 7.05 Å². The number of hydrogen-bond acceptors (Lipinski definition) is 4. The molecule has 0 bridgehead atoms. The lowest BCUT2D eigenvalue weighted by Gasteiger charge is -2.30. The van der Waals surface area contributed by atoms with Gasteiger partial charge >= 0.3 is 0 Å². The third kappa shape index (κ3) is 5.50. The molecular formula is C26H31F2N3O3. The van der Waals surface area contributed by atoms with Gasteiger partial charge in [0.1, 0.15) is 23.7 Å². The van der Waals surface area contributed by atoms with E-state index in [-0.39, 0.29) is 23.9 Å². The topological polar surface area (TPSA) is 78.5 Å². The van der Waals surface area contributed by atoms with Crippen molar-refractivity contribution in [3.63, 3.8) is 0 Å². The Bertz CT molecular complexity index is 1050. The number of nitrogens with one attached hydrogen (secondary N) is 2. The van der Waals surface area contributed by atoms with Crippen LogP contribution in [-0.2, 0) is 27.3 Å². The Morgan fingerprint density at radius 2 is 1.68 bits per heavy atom. The van der Waals surface area contributed by atoms with Crippen molar-refractivity contribution in [1.29, 1.82) is 0 Å². The number of benzene rings is 2. The first-order valence-electron chi connectivity index (χ1n) is 11.5. The second-order valence-electron chi connectivity index (χ2n) is 9.11. The average Bonchev–Trinajstić information content (AvgIpc) is 3.19. The molecule has 2 amide bonds. The second-order valence-corrected chi connectivity index (χ2v) is 9.11. The molecule has 8 heteroatoms. The molecular weight excluding hydrogens is 440 g/mol. The van der Waals surface area contributed by atoms with E-state index in [2.05, 4.69) is 10.6 Å². The first-order chi connectivity index (χ1) is 16.1. The molecule has 1 aliphatic rings. The molecule has 3 rings (SSSR count). The molecule has 0 fully saturated rings. The second kappa shape index (κ2) is 10.9. The standard InChI is InChI=1S/C26H31F2N3O3/c1-15(2)12-22(30-25(33)16(3)29-4)26(34)31-14-17-8-5-6-9-18(17)24(31)23(32)13-19-20(27)10-7-11-21(19)28/h5-11,15-16,22,24,29H,12-14H2,1-4H3,(H,30,33)/t16-,22-,24-/m0/s1. The maximum Gasteiger partial charge on any atom is 0.246 e. The summed E-state index contributed by atoms with van der Waals surface area (Å²) in [7, 11) is 1.65. The molecule has 1 heterocycles. The fourth-order valence-corrected chi connectivity index (χ4v) is 4.23. The Morgan fingerprint density at radius 3 is 2.29 bits per heavy atom. The van der Waals surface area contributed by atoms with E-state index in [0.29, 0.717) is 12.0 Å². The summed E-state index contributed by atoms with van der Waals surface area (Å²) < 4.78 is 28.5. The van der Waals surface area contributed by atoms with Crippen LogP contribution in [0.25, 0.3) is 0 Å². The Morgan fingerprint density at radius 1 is 1.03 bits per heavy atom. The molecule has 0 saturated heterocycles. The molecule has 3 atom stereocenters. The van der Waals surface area contributed by atoms with E-state index in [0.717, 1.165) is 17.7 Å². The summed E-state index contributed by atoms with van der Waals surface area (Å²) in [5, 5.41) is 5.65. The van der Waals surface area contributed by atoms with Crippen molar-refractivity contribution in [3.8, 4) is 0 Å². The van der Waals surface area contributed by atoms with Gasteiger partial charge in [0.2, 0.25) is 11.8 Å². The highest BCUT2D eigenvalue weighted by atomic mass is 19.1. The Labute approximate surface area is 198 Å². The van der Waals surface area contributed by atoms with Gasteiger partial charge in [0.15, 0.2) is 5.78 Å². The van der Waals surface area contributed by atoms with Crippen molar-refractivity contribution in [2.45, 2.75) is 58.3 Å². The SMILES string of the molecule is CN[C@@H](C)C(=O)N[C@@H](CC(C)C)C(=O)N1Cc2ccccc2[C@H]1C(=O)Cc1c(F)cccc1F. The maximum absolute atomic E-state index is 14.2. The van der Waals surface area contributed by atoms with E-state index in [9.17, 15) is 23.2 Å². The molecule has 0 spiro atoms. The van der Waals surface area contributed by atoms with Crippen LogP contribution >= 0.6 is 0 Å². The minimum Gasteiger partial charge on any atom is -0.343 e. The van der Waals surface area contributed by atoms with E-state index in [1.807, 2.05) is 26.0 Å². The van der Waals surface area contributed by atoms with Crippen molar-refractivity contribution in [3.05, 3.63) is 70.8 Å². The van der Waals surface area contributed by atoms with Crippen LogP contribution in [0.1, 0.15) is 49.9 Å². The van der Waals surface area contributed by atoms with Gasteiger partial charge in [-0.15, -0.1) is 0 Å². The lowest BCUT2D eigenvalue weighted by atomic mass is 9.95. The number of rotatable bonds is 9. The number of halogens is 2. The Hall–Kier alpha value is -3.13. The van der Waals surface area contributed by atoms with Gasteiger partial charge in [-0.05, 0) is 49.6 Å². The van der Waals surface area contributed by atoms with Crippen LogP contribution in [-0.4, -0.2) is 41.6 Å². The largest absolute Gasteiger partial charge is 0.343 e. The predicted octanol–water partition coefficient (Wildman–Crippen LogP) is 3.30. The highest BCUT2D eigenvalue weighted by molar-refractivity contribution is 5.96. The first kappa shape index (κ1) is 25.5. The van der Waals surface area contributed by atoms with Gasteiger partial charge in [0.25, 0.3) is 0 Å². The van der Waals surface area contributed by atoms with Crippen LogP contribution < -0.4 is 10.6 Å². The maximum atomic E-state index is 14.2. The smallest absolute Gasteiger partial charge is 0.246 e. The molecule has 0 aliphatic carbocycles. The molecule has 1 aliphatic heterocycles. The highest BCUT2D eigenvalue weighted by Crippen LogP contribution is 2.36. The highest BCUT2D eigenvalue weighted by Gasteiger charge is 2.41. The molecule has 2 aromatic carbocycles. The minimum absolute atomic E-state index is 0.103. The molecule has 34 heavy (non-hydrogen) atoms. The number of Topliss-reactive ketones (excluding diaryl/α,β-unsaturated/α-hetero) is 1. The van der Waals surface area contributed by atoms with Gasteiger partial charge in [0.05, 0.1) is 6.04 Å². The number of likely N-dealkylation sites (N-methyl/N-ethyl adjacent to an activating group) is 1. The summed E-state index contributed by atoms with van der Waals surface area (Å²) in [4.78, 5) is 41.0. The number of fused-ring (bicyclic) bond motifs is 1. The van der Waals surface area contributed by atoms with Crippen molar-refractivity contribution in [1.82, 2.24) is 15.5 Å². The van der Waals surface area contributed by atoms with Gasteiger partial charge in [0, 0.05) is 18.5 Å². The number of carbonyl (C=O) groups excluding carboxylic acids is 3. The molecule has 0 aromatic heterocycles. The number of ketones is 1. The summed E-state index contributed by atoms with van der Waals surface area (Å²) in [6, 6.07) is 8.28. The molecule has 6 nitrogen and oxygen atoms in total. The molecule has 0 unspecified atom stereocenters. The fourth-order valence-electron chi connectivity index (χ4n) is 4.23. The number of nitrogens with zero attached hydrogens (tertiary/aromatic N) is 1. The third-order valence-electron chi connectivity index (χ3n) is 6.15. The zero-order valence-electron chi connectivity index (χ0n) is 19.9.